The summed E-state index contributed by atoms with van der Waals surface area (Å²) in [4.78, 5) is 27.9. The number of anilines is 1. The molecule has 4 rings (SSSR count). The minimum Gasteiger partial charge on any atom is -0.371 e. The zero-order chi connectivity index (χ0) is 26.1. The van der Waals surface area contributed by atoms with Crippen LogP contribution in [0.2, 0.25) is 0 Å². The Balaban J connectivity index is 1.30. The van der Waals surface area contributed by atoms with E-state index in [0.29, 0.717) is 32.4 Å². The summed E-state index contributed by atoms with van der Waals surface area (Å²) < 4.78 is 27.7. The molecule has 2 aliphatic rings. The molecule has 1 fully saturated rings. The number of aryl methyl sites for hydroxylation is 1. The number of rotatable bonds is 7. The molecule has 0 saturated carbocycles. The van der Waals surface area contributed by atoms with Crippen molar-refractivity contribution in [2.45, 2.75) is 49.8 Å². The zero-order valence-corrected chi connectivity index (χ0v) is 22.2. The third-order valence-corrected chi connectivity index (χ3v) is 9.14. The average Bonchev–Trinajstić information content (AvgIpc) is 2.96. The van der Waals surface area contributed by atoms with E-state index in [9.17, 15) is 18.0 Å². The molecule has 0 aliphatic carbocycles. The second-order valence-electron chi connectivity index (χ2n) is 9.81. The Morgan fingerprint density at radius 3 is 2.57 bits per heavy atom. The number of para-hydroxylation sites is 1. The minimum atomic E-state index is -3.70. The van der Waals surface area contributed by atoms with E-state index in [1.165, 1.54) is 15.6 Å². The summed E-state index contributed by atoms with van der Waals surface area (Å²) in [5.74, 6) is -0.489. The Hall–Kier alpha value is -2.91. The fourth-order valence-electron chi connectivity index (χ4n) is 5.18. The topological polar surface area (TPSA) is 98.8 Å². The van der Waals surface area contributed by atoms with E-state index in [0.717, 1.165) is 32.4 Å². The van der Waals surface area contributed by atoms with E-state index >= 15 is 0 Å². The molecule has 0 radical (unpaired) electrons. The molecule has 2 aromatic carbocycles. The maximum absolute atomic E-state index is 13.2. The van der Waals surface area contributed by atoms with Gasteiger partial charge in [-0.3, -0.25) is 9.59 Å². The van der Waals surface area contributed by atoms with Gasteiger partial charge in [0.25, 0.3) is 0 Å². The molecule has 2 N–H and O–H groups in total. The largest absolute Gasteiger partial charge is 0.371 e. The lowest BCUT2D eigenvalue weighted by Gasteiger charge is -2.31. The number of amides is 2. The van der Waals surface area contributed by atoms with Crippen molar-refractivity contribution in [1.29, 1.82) is 0 Å². The van der Waals surface area contributed by atoms with Crippen LogP contribution in [0, 0.1) is 5.92 Å². The highest BCUT2D eigenvalue weighted by molar-refractivity contribution is 7.89. The van der Waals surface area contributed by atoms with E-state index in [2.05, 4.69) is 39.8 Å². The second kappa shape index (κ2) is 13.1. The third-order valence-electron chi connectivity index (χ3n) is 7.23. The van der Waals surface area contributed by atoms with Gasteiger partial charge < -0.3 is 15.5 Å². The molecular weight excluding hydrogens is 488 g/mol. The number of nitrogens with zero attached hydrogens (tertiary/aromatic N) is 2. The van der Waals surface area contributed by atoms with Crippen LogP contribution in [0.1, 0.15) is 44.1 Å². The van der Waals surface area contributed by atoms with Gasteiger partial charge >= 0.3 is 0 Å². The van der Waals surface area contributed by atoms with Crippen LogP contribution in [0.5, 0.6) is 0 Å². The molecule has 0 aromatic heterocycles. The maximum Gasteiger partial charge on any atom is 0.243 e. The van der Waals surface area contributed by atoms with Gasteiger partial charge in [-0.15, -0.1) is 0 Å². The van der Waals surface area contributed by atoms with Crippen molar-refractivity contribution in [3.05, 3.63) is 60.2 Å². The lowest BCUT2D eigenvalue weighted by molar-refractivity contribution is -0.126. The summed E-state index contributed by atoms with van der Waals surface area (Å²) in [5.41, 5.74) is 2.69. The van der Waals surface area contributed by atoms with Crippen LogP contribution in [-0.4, -0.2) is 63.8 Å². The first-order valence-electron chi connectivity index (χ1n) is 13.4. The number of carbonyl (C=O) groups excluding carboxylic acids is 2. The van der Waals surface area contributed by atoms with Crippen molar-refractivity contribution in [2.24, 2.45) is 5.92 Å². The summed E-state index contributed by atoms with van der Waals surface area (Å²) in [5, 5.41) is 5.93. The van der Waals surface area contributed by atoms with Crippen molar-refractivity contribution < 1.29 is 18.0 Å². The van der Waals surface area contributed by atoms with Crippen molar-refractivity contribution in [2.75, 3.05) is 44.2 Å². The van der Waals surface area contributed by atoms with Gasteiger partial charge in [0.2, 0.25) is 21.8 Å². The first-order valence-corrected chi connectivity index (χ1v) is 14.8. The summed E-state index contributed by atoms with van der Waals surface area (Å²) in [7, 11) is -3.70. The molecule has 200 valence electrons. The fraction of sp³-hybridized carbons (Fsp3) is 0.500. The first-order chi connectivity index (χ1) is 17.9. The molecule has 8 nitrogen and oxygen atoms in total. The Morgan fingerprint density at radius 1 is 0.946 bits per heavy atom. The summed E-state index contributed by atoms with van der Waals surface area (Å²) in [6.45, 7) is 3.34. The quantitative estimate of drug-likeness (QED) is 0.541. The van der Waals surface area contributed by atoms with Crippen molar-refractivity contribution in [1.82, 2.24) is 14.9 Å². The van der Waals surface area contributed by atoms with Gasteiger partial charge in [0.1, 0.15) is 0 Å². The number of hydrogen-bond acceptors (Lipinski definition) is 5. The van der Waals surface area contributed by atoms with Crippen LogP contribution in [0.4, 0.5) is 5.69 Å². The van der Waals surface area contributed by atoms with Gasteiger partial charge in [-0.25, -0.2) is 8.42 Å². The van der Waals surface area contributed by atoms with Crippen molar-refractivity contribution in [3.63, 3.8) is 0 Å². The molecule has 0 bridgehead atoms. The average molecular weight is 527 g/mol. The molecule has 37 heavy (non-hydrogen) atoms. The Bertz CT molecular complexity index is 1160. The lowest BCUT2D eigenvalue weighted by Crippen LogP contribution is -2.36. The van der Waals surface area contributed by atoms with Crippen LogP contribution in [0.3, 0.4) is 0 Å². The number of sulfonamides is 1. The van der Waals surface area contributed by atoms with Crippen LogP contribution in [0.25, 0.3) is 0 Å². The molecule has 1 atom stereocenters. The normalized spacial score (nSPS) is 19.8. The number of fused-ring (bicyclic) bond motifs is 1. The zero-order valence-electron chi connectivity index (χ0n) is 21.4. The third kappa shape index (κ3) is 7.32. The number of benzene rings is 2. The SMILES string of the molecule is O=C1CCN(S(=O)(=O)c2ccccc2)CCCC(C(=O)NCCCN2CCCc3ccccc32)CCN1. The summed E-state index contributed by atoms with van der Waals surface area (Å²) in [6, 6.07) is 16.8. The monoisotopic (exact) mass is 526 g/mol. The fourth-order valence-corrected chi connectivity index (χ4v) is 6.68. The molecular formula is C28H38N4O4S. The molecule has 2 heterocycles. The predicted molar refractivity (Wildman–Crippen MR) is 145 cm³/mol. The van der Waals surface area contributed by atoms with Gasteiger partial charge in [0, 0.05) is 57.3 Å². The summed E-state index contributed by atoms with van der Waals surface area (Å²) >= 11 is 0. The Morgan fingerprint density at radius 2 is 1.73 bits per heavy atom. The van der Waals surface area contributed by atoms with Gasteiger partial charge in [0.05, 0.1) is 4.90 Å². The highest BCUT2D eigenvalue weighted by Gasteiger charge is 2.27. The lowest BCUT2D eigenvalue weighted by atomic mass is 9.98. The van der Waals surface area contributed by atoms with Gasteiger partial charge in [-0.1, -0.05) is 36.4 Å². The maximum atomic E-state index is 13.2. The number of carbonyl (C=O) groups is 2. The molecule has 2 amide bonds. The first kappa shape index (κ1) is 27.1. The van der Waals surface area contributed by atoms with Crippen LogP contribution in [0.15, 0.2) is 59.5 Å². The van der Waals surface area contributed by atoms with Gasteiger partial charge in [-0.2, -0.15) is 4.31 Å². The van der Waals surface area contributed by atoms with E-state index in [1.807, 2.05) is 0 Å². The molecule has 1 unspecified atom stereocenters. The smallest absolute Gasteiger partial charge is 0.243 e. The molecule has 0 spiro atoms. The van der Waals surface area contributed by atoms with Crippen LogP contribution < -0.4 is 15.5 Å². The number of hydrogen-bond donors (Lipinski definition) is 2. The van der Waals surface area contributed by atoms with Crippen LogP contribution >= 0.6 is 0 Å². The molecule has 1 saturated heterocycles. The molecule has 2 aromatic rings. The highest BCUT2D eigenvalue weighted by atomic mass is 32.2. The molecule has 9 heteroatoms. The van der Waals surface area contributed by atoms with E-state index in [1.54, 1.807) is 30.3 Å². The number of nitrogens with one attached hydrogen (secondary N) is 2. The minimum absolute atomic E-state index is 0.0231. The highest BCUT2D eigenvalue weighted by Crippen LogP contribution is 2.26. The van der Waals surface area contributed by atoms with Gasteiger partial charge in [-0.05, 0) is 62.3 Å². The van der Waals surface area contributed by atoms with Gasteiger partial charge in [0.15, 0.2) is 0 Å². The van der Waals surface area contributed by atoms with Crippen LogP contribution in [-0.2, 0) is 26.0 Å². The predicted octanol–water partition coefficient (Wildman–Crippen LogP) is 2.94. The Labute approximate surface area is 220 Å². The second-order valence-corrected chi connectivity index (χ2v) is 11.7. The van der Waals surface area contributed by atoms with E-state index in [4.69, 9.17) is 0 Å². The van der Waals surface area contributed by atoms with Crippen molar-refractivity contribution in [3.8, 4) is 0 Å². The summed E-state index contributed by atoms with van der Waals surface area (Å²) in [6.07, 6.45) is 4.89. The molecule has 2 aliphatic heterocycles. The van der Waals surface area contributed by atoms with Crippen molar-refractivity contribution >= 4 is 27.5 Å². The Kier molecular flexibility index (Phi) is 9.57. The van der Waals surface area contributed by atoms with E-state index < -0.39 is 10.0 Å². The standard InChI is InChI=1S/C28H38N4O4S/c33-27-16-22-32(37(35,36)25-12-2-1-3-13-25)21-7-11-24(15-18-29-27)28(34)30-17-8-20-31-19-6-10-23-9-4-5-14-26(23)31/h1-5,9,12-14,24H,6-8,10-11,15-22H2,(H,29,33)(H,30,34). The van der Waals surface area contributed by atoms with E-state index in [-0.39, 0.29) is 42.1 Å².